The highest BCUT2D eigenvalue weighted by Gasteiger charge is 2.25. The van der Waals surface area contributed by atoms with Crippen LogP contribution in [0.25, 0.3) is 22.8 Å². The molecule has 0 aliphatic heterocycles. The fraction of sp³-hybridized carbons (Fsp3) is 0.143. The van der Waals surface area contributed by atoms with Crippen molar-refractivity contribution in [2.24, 2.45) is 10.3 Å². The molecule has 0 saturated heterocycles. The molecule has 0 atom stereocenters. The molecular formula is C28H26Br2N12O6S2. The maximum absolute atomic E-state index is 11.8. The Morgan fingerprint density at radius 2 is 1.18 bits per heavy atom. The quantitative estimate of drug-likeness (QED) is 0.201. The van der Waals surface area contributed by atoms with Crippen molar-refractivity contribution in [2.75, 3.05) is 14.2 Å². The zero-order valence-electron chi connectivity index (χ0n) is 26.0. The minimum absolute atomic E-state index is 0.109. The summed E-state index contributed by atoms with van der Waals surface area (Å²) in [4.78, 5) is 9.05. The topological polar surface area (TPSA) is 252 Å². The molecule has 18 nitrogen and oxygen atoms in total. The normalized spacial score (nSPS) is 11.5. The van der Waals surface area contributed by atoms with Gasteiger partial charge in [-0.15, -0.1) is 15.3 Å². The third-order valence-corrected chi connectivity index (χ3v) is 9.69. The van der Waals surface area contributed by atoms with Crippen molar-refractivity contribution in [3.8, 4) is 34.3 Å². The predicted molar refractivity (Wildman–Crippen MR) is 184 cm³/mol. The van der Waals surface area contributed by atoms with Gasteiger partial charge < -0.3 is 9.47 Å². The van der Waals surface area contributed by atoms with Gasteiger partial charge >= 0.3 is 0 Å². The molecule has 0 bridgehead atoms. The van der Waals surface area contributed by atoms with Crippen molar-refractivity contribution in [3.05, 3.63) is 93.1 Å². The first-order chi connectivity index (χ1) is 23.8. The smallest absolute Gasteiger partial charge is 0.256 e. The number of rotatable bonds is 10. The number of methoxy groups -OCH3 is 2. The van der Waals surface area contributed by atoms with E-state index >= 15 is 0 Å². The molecule has 4 aromatic heterocycles. The highest BCUT2D eigenvalue weighted by Crippen LogP contribution is 2.32. The van der Waals surface area contributed by atoms with Gasteiger partial charge in [-0.25, -0.2) is 41.8 Å². The number of aromatic nitrogens is 10. The summed E-state index contributed by atoms with van der Waals surface area (Å²) in [6, 6.07) is 17.9. The van der Waals surface area contributed by atoms with Gasteiger partial charge in [-0.1, -0.05) is 24.3 Å². The minimum atomic E-state index is -4.05. The summed E-state index contributed by atoms with van der Waals surface area (Å²) in [5.74, 6) is 1.82. The van der Waals surface area contributed by atoms with Crippen LogP contribution in [0.2, 0.25) is 0 Å². The van der Waals surface area contributed by atoms with Crippen LogP contribution in [-0.2, 0) is 33.1 Å². The van der Waals surface area contributed by atoms with Crippen molar-refractivity contribution in [1.29, 1.82) is 0 Å². The van der Waals surface area contributed by atoms with E-state index in [1.54, 1.807) is 26.4 Å². The highest BCUT2D eigenvalue weighted by molar-refractivity contribution is 9.11. The van der Waals surface area contributed by atoms with E-state index in [-0.39, 0.29) is 32.8 Å². The predicted octanol–water partition coefficient (Wildman–Crippen LogP) is 2.40. The fourth-order valence-electron chi connectivity index (χ4n) is 4.38. The number of tetrazole rings is 2. The number of benzene rings is 2. The molecule has 0 fully saturated rings. The summed E-state index contributed by atoms with van der Waals surface area (Å²) in [5, 5.41) is 33.5. The van der Waals surface area contributed by atoms with Crippen LogP contribution in [0.3, 0.4) is 0 Å². The lowest BCUT2D eigenvalue weighted by Gasteiger charge is -2.10. The maximum atomic E-state index is 11.8. The Bertz CT molecular complexity index is 2340. The zero-order valence-corrected chi connectivity index (χ0v) is 30.8. The number of halogens is 2. The van der Waals surface area contributed by atoms with Gasteiger partial charge in [-0.3, -0.25) is 0 Å². The first-order valence-corrected chi connectivity index (χ1v) is 18.6. The lowest BCUT2D eigenvalue weighted by molar-refractivity contribution is 0.414. The van der Waals surface area contributed by atoms with Crippen molar-refractivity contribution < 1.29 is 26.3 Å². The highest BCUT2D eigenvalue weighted by atomic mass is 79.9. The lowest BCUT2D eigenvalue weighted by atomic mass is 10.2. The number of primary sulfonamides is 2. The molecule has 2 aromatic carbocycles. The van der Waals surface area contributed by atoms with Gasteiger partial charge in [-0.2, -0.15) is 4.80 Å². The maximum Gasteiger partial charge on any atom is 0.256 e. The van der Waals surface area contributed by atoms with Gasteiger partial charge in [0.15, 0.2) is 15.9 Å². The van der Waals surface area contributed by atoms with Crippen molar-refractivity contribution in [1.82, 2.24) is 50.4 Å². The number of nitrogens with zero attached hydrogens (tertiary/aromatic N) is 10. The first-order valence-electron chi connectivity index (χ1n) is 13.9. The van der Waals surface area contributed by atoms with Gasteiger partial charge in [-0.05, 0) is 95.0 Å². The zero-order chi connectivity index (χ0) is 36.1. The van der Waals surface area contributed by atoms with Crippen LogP contribution in [0, 0.1) is 0 Å². The fourth-order valence-corrected chi connectivity index (χ4v) is 6.99. The second-order valence-electron chi connectivity index (χ2n) is 10.0. The molecule has 0 amide bonds. The number of sulfonamides is 2. The van der Waals surface area contributed by atoms with E-state index in [0.29, 0.717) is 22.0 Å². The van der Waals surface area contributed by atoms with Crippen LogP contribution in [0.1, 0.15) is 11.1 Å². The van der Waals surface area contributed by atoms with Gasteiger partial charge in [0.05, 0.1) is 38.4 Å². The minimum Gasteiger partial charge on any atom is -0.497 e. The third kappa shape index (κ3) is 8.70. The second kappa shape index (κ2) is 15.4. The third-order valence-electron chi connectivity index (χ3n) is 6.68. The number of hydrogen-bond donors (Lipinski definition) is 2. The Morgan fingerprint density at radius 3 is 1.70 bits per heavy atom. The Hall–Kier alpha value is -4.74. The number of nitrogens with two attached hydrogens (primary N) is 2. The van der Waals surface area contributed by atoms with E-state index in [1.807, 2.05) is 48.5 Å². The van der Waals surface area contributed by atoms with Crippen LogP contribution < -0.4 is 19.8 Å². The van der Waals surface area contributed by atoms with E-state index in [9.17, 15) is 16.8 Å². The summed E-state index contributed by atoms with van der Waals surface area (Å²) >= 11 is 6.59. The molecule has 260 valence electrons. The Balaban J connectivity index is 0.000000194. The Morgan fingerprint density at radius 1 is 0.680 bits per heavy atom. The van der Waals surface area contributed by atoms with Crippen molar-refractivity contribution >= 4 is 51.9 Å². The monoisotopic (exact) mass is 848 g/mol. The number of pyridine rings is 2. The van der Waals surface area contributed by atoms with Gasteiger partial charge in [0.1, 0.15) is 11.5 Å². The molecule has 4 heterocycles. The van der Waals surface area contributed by atoms with E-state index in [4.69, 9.17) is 19.8 Å². The summed E-state index contributed by atoms with van der Waals surface area (Å²) in [6.45, 7) is 0.692. The Labute approximate surface area is 302 Å². The van der Waals surface area contributed by atoms with Gasteiger partial charge in [0.2, 0.25) is 5.82 Å². The molecule has 0 saturated carbocycles. The molecule has 22 heteroatoms. The molecule has 4 N–H and O–H groups in total. The number of hydrogen-bond acceptors (Lipinski definition) is 14. The molecule has 50 heavy (non-hydrogen) atoms. The summed E-state index contributed by atoms with van der Waals surface area (Å²) in [6.07, 6.45) is 2.67. The summed E-state index contributed by atoms with van der Waals surface area (Å²) in [5.41, 5.74) is 2.22. The standard InChI is InChI=1S/2C14H13BrN6O3S/c1-24-10-4-2-9(3-5-10)8-21-13(18-19-20-21)12-11(15)6-7-17-14(12)25(16,22)23;1-24-10-4-2-9(3-5-10)8-21-19-13(18-20-21)12-11(15)6-7-17-14(12)25(16,22)23/h2*2-7H,8H2,1H3,(H2,16,22,23). The lowest BCUT2D eigenvalue weighted by Crippen LogP contribution is -2.16. The number of ether oxygens (including phenoxy) is 2. The van der Waals surface area contributed by atoms with Crippen molar-refractivity contribution in [3.63, 3.8) is 0 Å². The van der Waals surface area contributed by atoms with Crippen LogP contribution in [0.15, 0.2) is 92.1 Å². The molecule has 0 unspecified atom stereocenters. The average molecular weight is 851 g/mol. The molecule has 0 aliphatic carbocycles. The average Bonchev–Trinajstić information content (AvgIpc) is 3.74. The summed E-state index contributed by atoms with van der Waals surface area (Å²) in [7, 11) is -4.90. The Kier molecular flexibility index (Phi) is 11.3. The van der Waals surface area contributed by atoms with Crippen LogP contribution >= 0.6 is 31.9 Å². The molecule has 6 rings (SSSR count). The van der Waals surface area contributed by atoms with Crippen LogP contribution in [-0.4, -0.2) is 81.4 Å². The molecule has 0 spiro atoms. The molecule has 0 aliphatic rings. The molecular weight excluding hydrogens is 824 g/mol. The largest absolute Gasteiger partial charge is 0.497 e. The molecule has 6 aromatic rings. The van der Waals surface area contributed by atoms with Gasteiger partial charge in [0.25, 0.3) is 20.0 Å². The van der Waals surface area contributed by atoms with E-state index in [0.717, 1.165) is 22.6 Å². The van der Waals surface area contributed by atoms with Crippen molar-refractivity contribution in [2.45, 2.75) is 23.1 Å². The van der Waals surface area contributed by atoms with E-state index in [1.165, 1.54) is 21.9 Å². The van der Waals surface area contributed by atoms with Gasteiger partial charge in [0, 0.05) is 21.3 Å². The SMILES string of the molecule is COc1ccc(Cn2nnc(-c3c(Br)ccnc3S(N)(=O)=O)n2)cc1.COc1ccc(Cn2nnnc2-c2c(Br)ccnc2S(N)(=O)=O)cc1. The van der Waals surface area contributed by atoms with E-state index in [2.05, 4.69) is 72.8 Å². The molecule has 0 radical (unpaired) electrons. The van der Waals surface area contributed by atoms with Crippen LogP contribution in [0.5, 0.6) is 11.5 Å². The van der Waals surface area contributed by atoms with E-state index < -0.39 is 20.0 Å². The second-order valence-corrected chi connectivity index (χ2v) is 14.7. The summed E-state index contributed by atoms with van der Waals surface area (Å²) < 4.78 is 59.8. The van der Waals surface area contributed by atoms with Crippen LogP contribution in [0.4, 0.5) is 0 Å². The first kappa shape index (κ1) is 36.5.